The molecule has 0 radical (unpaired) electrons. The maximum Gasteiger partial charge on any atom is 0.203 e. The molecule has 1 aliphatic heterocycles. The summed E-state index contributed by atoms with van der Waals surface area (Å²) in [5.41, 5.74) is 2.11. The van der Waals surface area contributed by atoms with Crippen LogP contribution in [0.2, 0.25) is 0 Å². The van der Waals surface area contributed by atoms with Crippen LogP contribution in [0.4, 0.5) is 0 Å². The molecule has 2 aromatic rings. The quantitative estimate of drug-likeness (QED) is 0.763. The molecule has 1 atom stereocenters. The molecule has 0 N–H and O–H groups in total. The second kappa shape index (κ2) is 6.06. The lowest BCUT2D eigenvalue weighted by atomic mass is 10.1. The first-order valence-corrected chi connectivity index (χ1v) is 6.86. The molecule has 1 saturated heterocycles. The fourth-order valence-electron chi connectivity index (χ4n) is 2.27. The number of benzene rings is 2. The fourth-order valence-corrected chi connectivity index (χ4v) is 2.27. The van der Waals surface area contributed by atoms with E-state index < -0.39 is 0 Å². The summed E-state index contributed by atoms with van der Waals surface area (Å²) >= 11 is 0. The van der Waals surface area contributed by atoms with Gasteiger partial charge in [-0.25, -0.2) is 0 Å². The Morgan fingerprint density at radius 1 is 1.00 bits per heavy atom. The first-order valence-electron chi connectivity index (χ1n) is 6.86. The molecule has 0 aromatic heterocycles. The predicted molar refractivity (Wildman–Crippen MR) is 79.0 cm³/mol. The minimum absolute atomic E-state index is 0.0931. The van der Waals surface area contributed by atoms with Crippen LogP contribution in [0.5, 0.6) is 17.2 Å². The van der Waals surface area contributed by atoms with Gasteiger partial charge in [-0.3, -0.25) is 0 Å². The minimum Gasteiger partial charge on any atom is -0.493 e. The van der Waals surface area contributed by atoms with Gasteiger partial charge in [0.25, 0.3) is 0 Å². The molecule has 4 nitrogen and oxygen atoms in total. The van der Waals surface area contributed by atoms with Crippen molar-refractivity contribution in [2.75, 3.05) is 20.8 Å². The summed E-state index contributed by atoms with van der Waals surface area (Å²) in [7, 11) is 3.23. The average Bonchev–Trinajstić information content (AvgIpc) is 3.37. The van der Waals surface area contributed by atoms with Gasteiger partial charge < -0.3 is 18.9 Å². The fraction of sp³-hybridized carbons (Fsp3) is 0.294. The second-order valence-corrected chi connectivity index (χ2v) is 4.82. The molecule has 0 saturated carbocycles. The molecule has 2 aromatic carbocycles. The van der Waals surface area contributed by atoms with E-state index in [0.29, 0.717) is 23.9 Å². The Morgan fingerprint density at radius 3 is 2.38 bits per heavy atom. The van der Waals surface area contributed by atoms with Crippen molar-refractivity contribution in [3.8, 4) is 17.2 Å². The summed E-state index contributed by atoms with van der Waals surface area (Å²) in [5, 5.41) is 0. The zero-order valence-electron chi connectivity index (χ0n) is 12.2. The Morgan fingerprint density at radius 2 is 1.76 bits per heavy atom. The third-order valence-corrected chi connectivity index (χ3v) is 3.44. The van der Waals surface area contributed by atoms with Crippen molar-refractivity contribution in [1.29, 1.82) is 0 Å². The topological polar surface area (TPSA) is 40.2 Å². The van der Waals surface area contributed by atoms with Crippen molar-refractivity contribution < 1.29 is 18.9 Å². The molecule has 1 aliphatic rings. The van der Waals surface area contributed by atoms with E-state index in [4.69, 9.17) is 18.9 Å². The van der Waals surface area contributed by atoms with Gasteiger partial charge in [0.2, 0.25) is 5.75 Å². The molecule has 21 heavy (non-hydrogen) atoms. The summed E-state index contributed by atoms with van der Waals surface area (Å²) in [5.74, 6) is 1.97. The van der Waals surface area contributed by atoms with Crippen molar-refractivity contribution in [1.82, 2.24) is 0 Å². The Balaban J connectivity index is 1.90. The van der Waals surface area contributed by atoms with Crippen LogP contribution in [0, 0.1) is 0 Å². The maximum atomic E-state index is 6.00. The molecule has 0 aliphatic carbocycles. The van der Waals surface area contributed by atoms with Gasteiger partial charge in [-0.1, -0.05) is 30.3 Å². The number of hydrogen-bond donors (Lipinski definition) is 0. The number of ether oxygens (including phenoxy) is 4. The van der Waals surface area contributed by atoms with Gasteiger partial charge in [-0.2, -0.15) is 0 Å². The van der Waals surface area contributed by atoms with Crippen molar-refractivity contribution >= 4 is 0 Å². The zero-order valence-corrected chi connectivity index (χ0v) is 12.2. The van der Waals surface area contributed by atoms with Crippen LogP contribution in [0.3, 0.4) is 0 Å². The molecule has 1 unspecified atom stereocenters. The van der Waals surface area contributed by atoms with Gasteiger partial charge >= 0.3 is 0 Å². The van der Waals surface area contributed by atoms with Crippen LogP contribution in [0.15, 0.2) is 42.5 Å². The van der Waals surface area contributed by atoms with Crippen molar-refractivity contribution in [3.05, 3.63) is 53.6 Å². The smallest absolute Gasteiger partial charge is 0.203 e. The van der Waals surface area contributed by atoms with Crippen molar-refractivity contribution in [2.45, 2.75) is 12.7 Å². The lowest BCUT2D eigenvalue weighted by Crippen LogP contribution is -2.02. The average molecular weight is 286 g/mol. The SMILES string of the molecule is COc1ccc(C2CO2)c(OCc2ccccc2)c1OC. The van der Waals surface area contributed by atoms with E-state index >= 15 is 0 Å². The highest BCUT2D eigenvalue weighted by Crippen LogP contribution is 2.46. The van der Waals surface area contributed by atoms with Crippen LogP contribution < -0.4 is 14.2 Å². The third-order valence-electron chi connectivity index (χ3n) is 3.44. The monoisotopic (exact) mass is 286 g/mol. The number of rotatable bonds is 6. The van der Waals surface area contributed by atoms with Gasteiger partial charge in [0.1, 0.15) is 12.7 Å². The predicted octanol–water partition coefficient (Wildman–Crippen LogP) is 3.35. The summed E-state index contributed by atoms with van der Waals surface area (Å²) in [6.45, 7) is 1.20. The van der Waals surface area contributed by atoms with E-state index in [1.54, 1.807) is 14.2 Å². The van der Waals surface area contributed by atoms with Crippen LogP contribution in [-0.4, -0.2) is 20.8 Å². The van der Waals surface area contributed by atoms with Crippen LogP contribution in [0.25, 0.3) is 0 Å². The number of hydrogen-bond acceptors (Lipinski definition) is 4. The van der Waals surface area contributed by atoms with E-state index in [0.717, 1.165) is 17.7 Å². The van der Waals surface area contributed by atoms with Crippen LogP contribution in [0.1, 0.15) is 17.2 Å². The summed E-state index contributed by atoms with van der Waals surface area (Å²) in [4.78, 5) is 0. The van der Waals surface area contributed by atoms with E-state index in [2.05, 4.69) is 0 Å². The van der Waals surface area contributed by atoms with Crippen LogP contribution in [-0.2, 0) is 11.3 Å². The Hall–Kier alpha value is -2.20. The van der Waals surface area contributed by atoms with Gasteiger partial charge in [0.15, 0.2) is 11.5 Å². The van der Waals surface area contributed by atoms with Gasteiger partial charge in [-0.15, -0.1) is 0 Å². The second-order valence-electron chi connectivity index (χ2n) is 4.82. The lowest BCUT2D eigenvalue weighted by Gasteiger charge is -2.16. The zero-order chi connectivity index (χ0) is 14.7. The number of methoxy groups -OCH3 is 2. The highest BCUT2D eigenvalue weighted by atomic mass is 16.6. The van der Waals surface area contributed by atoms with Gasteiger partial charge in [0, 0.05) is 5.56 Å². The summed E-state index contributed by atoms with van der Waals surface area (Å²) < 4.78 is 22.2. The molecular formula is C17H18O4. The van der Waals surface area contributed by atoms with Gasteiger partial charge in [0.05, 0.1) is 20.8 Å². The Labute approximate surface area is 124 Å². The lowest BCUT2D eigenvalue weighted by molar-refractivity contribution is 0.269. The number of epoxide rings is 1. The highest BCUT2D eigenvalue weighted by molar-refractivity contribution is 5.57. The third kappa shape index (κ3) is 2.95. The molecule has 1 heterocycles. The van der Waals surface area contributed by atoms with E-state index in [9.17, 15) is 0 Å². The first-order chi connectivity index (χ1) is 10.3. The molecule has 0 amide bonds. The molecule has 4 heteroatoms. The van der Waals surface area contributed by atoms with Crippen LogP contribution >= 0.6 is 0 Å². The Kier molecular flexibility index (Phi) is 3.97. The molecule has 1 fully saturated rings. The van der Waals surface area contributed by atoms with Crippen molar-refractivity contribution in [2.24, 2.45) is 0 Å². The largest absolute Gasteiger partial charge is 0.493 e. The highest BCUT2D eigenvalue weighted by Gasteiger charge is 2.31. The summed E-state index contributed by atoms with van der Waals surface area (Å²) in [6, 6.07) is 13.9. The molecule has 0 bridgehead atoms. The molecule has 3 rings (SSSR count). The van der Waals surface area contributed by atoms with Crippen molar-refractivity contribution in [3.63, 3.8) is 0 Å². The molecule has 0 spiro atoms. The molecule has 110 valence electrons. The maximum absolute atomic E-state index is 6.00. The van der Waals surface area contributed by atoms with E-state index in [1.165, 1.54) is 0 Å². The minimum atomic E-state index is 0.0931. The van der Waals surface area contributed by atoms with Gasteiger partial charge in [-0.05, 0) is 17.7 Å². The molecular weight excluding hydrogens is 268 g/mol. The van der Waals surface area contributed by atoms with E-state index in [1.807, 2.05) is 42.5 Å². The first kappa shape index (κ1) is 13.8. The van der Waals surface area contributed by atoms with E-state index in [-0.39, 0.29) is 6.10 Å². The normalized spacial score (nSPS) is 16.4. The summed E-state index contributed by atoms with van der Waals surface area (Å²) in [6.07, 6.45) is 0.0931. The standard InChI is InChI=1S/C17H18O4/c1-18-14-9-8-13(15-11-20-15)16(17(14)19-2)21-10-12-6-4-3-5-7-12/h3-9,15H,10-11H2,1-2H3. The Bertz CT molecular complexity index is 606.